The van der Waals surface area contributed by atoms with Gasteiger partial charge in [0, 0.05) is 6.54 Å². The zero-order valence-electron chi connectivity index (χ0n) is 10.2. The largest absolute Gasteiger partial charge is 0.482 e. The average molecular weight is 250 g/mol. The first-order valence-electron chi connectivity index (χ1n) is 6.10. The summed E-state index contributed by atoms with van der Waals surface area (Å²) in [5.41, 5.74) is 6.24. The van der Waals surface area contributed by atoms with Crippen LogP contribution >= 0.6 is 0 Å². The average Bonchev–Trinajstić information content (AvgIpc) is 2.86. The first-order chi connectivity index (χ1) is 8.72. The highest BCUT2D eigenvalue weighted by Crippen LogP contribution is 2.21. The summed E-state index contributed by atoms with van der Waals surface area (Å²) in [6.07, 6.45) is 1.79. The number of ether oxygens (including phenoxy) is 1. The van der Waals surface area contributed by atoms with Gasteiger partial charge in [0.2, 0.25) is 0 Å². The molecule has 0 spiro atoms. The van der Waals surface area contributed by atoms with Crippen molar-refractivity contribution >= 4 is 11.6 Å². The van der Waals surface area contributed by atoms with Crippen molar-refractivity contribution in [2.75, 3.05) is 25.5 Å². The quantitative estimate of drug-likeness (QED) is 0.769. The van der Waals surface area contributed by atoms with Gasteiger partial charge in [-0.3, -0.25) is 4.79 Å². The molecule has 5 heteroatoms. The first-order valence-corrected chi connectivity index (χ1v) is 6.10. The van der Waals surface area contributed by atoms with Gasteiger partial charge in [-0.2, -0.15) is 0 Å². The minimum Gasteiger partial charge on any atom is -0.482 e. The summed E-state index contributed by atoms with van der Waals surface area (Å²) in [6.45, 7) is 0.668. The number of rotatable bonds is 4. The summed E-state index contributed by atoms with van der Waals surface area (Å²) in [5.74, 6) is 0.417. The molecule has 1 fully saturated rings. The molecule has 98 valence electrons. The van der Waals surface area contributed by atoms with Crippen LogP contribution in [0.1, 0.15) is 12.8 Å². The number of aliphatic hydroxyl groups excluding tert-OH is 1. The molecule has 0 bridgehead atoms. The molecule has 2 rings (SSSR count). The van der Waals surface area contributed by atoms with Gasteiger partial charge in [0.05, 0.1) is 18.3 Å². The molecule has 18 heavy (non-hydrogen) atoms. The van der Waals surface area contributed by atoms with Crippen LogP contribution in [-0.2, 0) is 4.79 Å². The molecular weight excluding hydrogens is 232 g/mol. The molecular formula is C13H18N2O3. The van der Waals surface area contributed by atoms with Crippen molar-refractivity contribution in [1.82, 2.24) is 4.90 Å². The number of aliphatic hydroxyl groups is 1. The second kappa shape index (κ2) is 5.73. The van der Waals surface area contributed by atoms with Crippen LogP contribution in [0.5, 0.6) is 5.75 Å². The van der Waals surface area contributed by atoms with Crippen molar-refractivity contribution in [3.8, 4) is 5.75 Å². The van der Waals surface area contributed by atoms with E-state index < -0.39 is 0 Å². The Bertz CT molecular complexity index is 422. The van der Waals surface area contributed by atoms with Crippen LogP contribution in [0.2, 0.25) is 0 Å². The summed E-state index contributed by atoms with van der Waals surface area (Å²) in [7, 11) is 0. The van der Waals surface area contributed by atoms with Crippen LogP contribution in [0.15, 0.2) is 24.3 Å². The van der Waals surface area contributed by atoms with Crippen LogP contribution in [0.4, 0.5) is 5.69 Å². The molecule has 0 saturated carbocycles. The molecule has 1 aromatic rings. The van der Waals surface area contributed by atoms with E-state index in [-0.39, 0.29) is 25.2 Å². The number of benzene rings is 1. The molecule has 1 heterocycles. The molecule has 5 nitrogen and oxygen atoms in total. The molecule has 1 aliphatic rings. The van der Waals surface area contributed by atoms with E-state index >= 15 is 0 Å². The summed E-state index contributed by atoms with van der Waals surface area (Å²) in [4.78, 5) is 13.6. The second-order valence-electron chi connectivity index (χ2n) is 4.39. The second-order valence-corrected chi connectivity index (χ2v) is 4.39. The zero-order valence-corrected chi connectivity index (χ0v) is 10.2. The SMILES string of the molecule is Nc1ccccc1OCC(=O)N1CCCC1CO. The van der Waals surface area contributed by atoms with Gasteiger partial charge in [-0.05, 0) is 25.0 Å². The van der Waals surface area contributed by atoms with Gasteiger partial charge in [-0.15, -0.1) is 0 Å². The highest BCUT2D eigenvalue weighted by Gasteiger charge is 2.28. The fourth-order valence-corrected chi connectivity index (χ4v) is 2.19. The lowest BCUT2D eigenvalue weighted by Crippen LogP contribution is -2.40. The van der Waals surface area contributed by atoms with Crippen LogP contribution in [0.3, 0.4) is 0 Å². The number of likely N-dealkylation sites (tertiary alicyclic amines) is 1. The molecule has 0 radical (unpaired) electrons. The number of hydrogen-bond donors (Lipinski definition) is 2. The number of anilines is 1. The fraction of sp³-hybridized carbons (Fsp3) is 0.462. The lowest BCUT2D eigenvalue weighted by molar-refractivity contribution is -0.134. The molecule has 1 amide bonds. The molecule has 1 aromatic carbocycles. The number of carbonyl (C=O) groups is 1. The Morgan fingerprint density at radius 1 is 1.50 bits per heavy atom. The summed E-state index contributed by atoms with van der Waals surface area (Å²) in [6, 6.07) is 7.02. The number of nitrogens with zero attached hydrogens (tertiary/aromatic N) is 1. The molecule has 1 atom stereocenters. The smallest absolute Gasteiger partial charge is 0.260 e. The molecule has 1 unspecified atom stereocenters. The molecule has 0 aliphatic carbocycles. The highest BCUT2D eigenvalue weighted by atomic mass is 16.5. The summed E-state index contributed by atoms with van der Waals surface area (Å²) in [5, 5.41) is 9.16. The fourth-order valence-electron chi connectivity index (χ4n) is 2.19. The third-order valence-electron chi connectivity index (χ3n) is 3.18. The van der Waals surface area contributed by atoms with E-state index in [1.807, 2.05) is 12.1 Å². The Morgan fingerprint density at radius 2 is 2.28 bits per heavy atom. The van der Waals surface area contributed by atoms with E-state index in [2.05, 4.69) is 0 Å². The highest BCUT2D eigenvalue weighted by molar-refractivity contribution is 5.78. The number of para-hydroxylation sites is 2. The third-order valence-corrected chi connectivity index (χ3v) is 3.18. The standard InChI is InChI=1S/C13H18N2O3/c14-11-5-1-2-6-12(11)18-9-13(17)15-7-3-4-10(15)8-16/h1-2,5-6,10,16H,3-4,7-9,14H2. The predicted octanol–water partition coefficient (Wildman–Crippen LogP) is 0.631. The number of nitrogens with two attached hydrogens (primary N) is 1. The zero-order chi connectivity index (χ0) is 13.0. The normalized spacial score (nSPS) is 18.9. The van der Waals surface area contributed by atoms with E-state index in [1.165, 1.54) is 0 Å². The van der Waals surface area contributed by atoms with Crippen LogP contribution in [-0.4, -0.2) is 41.7 Å². The van der Waals surface area contributed by atoms with Crippen molar-refractivity contribution in [2.24, 2.45) is 0 Å². The minimum absolute atomic E-state index is 0.0131. The van der Waals surface area contributed by atoms with Crippen LogP contribution < -0.4 is 10.5 Å². The summed E-state index contributed by atoms with van der Waals surface area (Å²) >= 11 is 0. The van der Waals surface area contributed by atoms with Gasteiger partial charge in [0.25, 0.3) is 5.91 Å². The van der Waals surface area contributed by atoms with Crippen LogP contribution in [0.25, 0.3) is 0 Å². The van der Waals surface area contributed by atoms with Crippen molar-refractivity contribution in [3.05, 3.63) is 24.3 Å². The van der Waals surface area contributed by atoms with Crippen molar-refractivity contribution in [2.45, 2.75) is 18.9 Å². The number of nitrogen functional groups attached to an aromatic ring is 1. The Hall–Kier alpha value is -1.75. The van der Waals surface area contributed by atoms with E-state index in [0.717, 1.165) is 12.8 Å². The predicted molar refractivity (Wildman–Crippen MR) is 68.2 cm³/mol. The Balaban J connectivity index is 1.90. The summed E-state index contributed by atoms with van der Waals surface area (Å²) < 4.78 is 5.41. The van der Waals surface area contributed by atoms with Gasteiger partial charge >= 0.3 is 0 Å². The van der Waals surface area contributed by atoms with Crippen molar-refractivity contribution < 1.29 is 14.6 Å². The van der Waals surface area contributed by atoms with E-state index in [1.54, 1.807) is 17.0 Å². The lowest BCUT2D eigenvalue weighted by Gasteiger charge is -2.23. The Kier molecular flexibility index (Phi) is 4.04. The molecule has 3 N–H and O–H groups in total. The molecule has 1 saturated heterocycles. The third kappa shape index (κ3) is 2.73. The Labute approximate surface area is 106 Å². The maximum absolute atomic E-state index is 11.9. The lowest BCUT2D eigenvalue weighted by atomic mass is 10.2. The maximum Gasteiger partial charge on any atom is 0.260 e. The van der Waals surface area contributed by atoms with Crippen molar-refractivity contribution in [1.29, 1.82) is 0 Å². The van der Waals surface area contributed by atoms with Gasteiger partial charge in [-0.1, -0.05) is 12.1 Å². The van der Waals surface area contributed by atoms with E-state index in [4.69, 9.17) is 15.6 Å². The Morgan fingerprint density at radius 3 is 3.00 bits per heavy atom. The van der Waals surface area contributed by atoms with Gasteiger partial charge in [0.1, 0.15) is 5.75 Å². The topological polar surface area (TPSA) is 75.8 Å². The first kappa shape index (κ1) is 12.7. The van der Waals surface area contributed by atoms with E-state index in [0.29, 0.717) is 18.0 Å². The van der Waals surface area contributed by atoms with E-state index in [9.17, 15) is 4.79 Å². The number of amides is 1. The molecule has 0 aromatic heterocycles. The van der Waals surface area contributed by atoms with Gasteiger partial charge in [0.15, 0.2) is 6.61 Å². The van der Waals surface area contributed by atoms with Gasteiger partial charge in [-0.25, -0.2) is 0 Å². The minimum atomic E-state index is -0.102. The van der Waals surface area contributed by atoms with Gasteiger partial charge < -0.3 is 20.5 Å². The number of hydrogen-bond acceptors (Lipinski definition) is 4. The maximum atomic E-state index is 11.9. The van der Waals surface area contributed by atoms with Crippen LogP contribution in [0, 0.1) is 0 Å². The molecule has 1 aliphatic heterocycles. The monoisotopic (exact) mass is 250 g/mol. The number of carbonyl (C=O) groups excluding carboxylic acids is 1. The van der Waals surface area contributed by atoms with Crippen molar-refractivity contribution in [3.63, 3.8) is 0 Å².